The smallest absolute Gasteiger partial charge is 0.207 e. The summed E-state index contributed by atoms with van der Waals surface area (Å²) in [6.45, 7) is 0.599. The summed E-state index contributed by atoms with van der Waals surface area (Å²) in [5, 5.41) is 2.70. The lowest BCUT2D eigenvalue weighted by Gasteiger charge is -2.25. The third kappa shape index (κ3) is 6.05. The van der Waals surface area contributed by atoms with Crippen LogP contribution in [0.25, 0.3) is 0 Å². The Hall–Kier alpha value is -1.84. The van der Waals surface area contributed by atoms with Crippen LogP contribution >= 0.6 is 0 Å². The number of amides is 1. The summed E-state index contributed by atoms with van der Waals surface area (Å²) in [5.74, 6) is 1.44. The van der Waals surface area contributed by atoms with Crippen LogP contribution in [0.2, 0.25) is 0 Å². The van der Waals surface area contributed by atoms with Gasteiger partial charge in [0.1, 0.15) is 11.9 Å². The Morgan fingerprint density at radius 3 is 2.65 bits per heavy atom. The number of nitrogens with one attached hydrogen (secondary N) is 1. The van der Waals surface area contributed by atoms with Gasteiger partial charge in [-0.25, -0.2) is 0 Å². The van der Waals surface area contributed by atoms with E-state index < -0.39 is 0 Å². The zero-order valence-electron chi connectivity index (χ0n) is 13.7. The van der Waals surface area contributed by atoms with Crippen molar-refractivity contribution in [2.75, 3.05) is 6.54 Å². The van der Waals surface area contributed by atoms with Gasteiger partial charge in [-0.2, -0.15) is 0 Å². The van der Waals surface area contributed by atoms with Crippen LogP contribution in [-0.2, 0) is 4.79 Å². The van der Waals surface area contributed by atoms with E-state index in [1.807, 2.05) is 18.2 Å². The number of hydrogen-bond donors (Lipinski definition) is 1. The van der Waals surface area contributed by atoms with Crippen LogP contribution in [0, 0.1) is 5.92 Å². The molecule has 1 aliphatic carbocycles. The zero-order valence-corrected chi connectivity index (χ0v) is 13.7. The molecule has 4 nitrogen and oxygen atoms in total. The summed E-state index contributed by atoms with van der Waals surface area (Å²) in [5.41, 5.74) is 0.582. The minimum atomic E-state index is 0.0328. The molecule has 0 heterocycles. The summed E-state index contributed by atoms with van der Waals surface area (Å²) in [4.78, 5) is 21.6. The predicted molar refractivity (Wildman–Crippen MR) is 90.7 cm³/mol. The van der Waals surface area contributed by atoms with E-state index in [2.05, 4.69) is 5.32 Å². The van der Waals surface area contributed by atoms with Gasteiger partial charge < -0.3 is 10.1 Å². The van der Waals surface area contributed by atoms with Gasteiger partial charge in [-0.05, 0) is 30.9 Å². The lowest BCUT2D eigenvalue weighted by Crippen LogP contribution is -2.25. The molecule has 1 aromatic carbocycles. The van der Waals surface area contributed by atoms with E-state index in [1.54, 1.807) is 6.07 Å². The molecule has 0 aromatic heterocycles. The van der Waals surface area contributed by atoms with Crippen LogP contribution in [0.5, 0.6) is 5.75 Å². The second-order valence-electron chi connectivity index (χ2n) is 6.34. The van der Waals surface area contributed by atoms with Crippen LogP contribution in [0.15, 0.2) is 24.3 Å². The first-order valence-electron chi connectivity index (χ1n) is 8.71. The second kappa shape index (κ2) is 10.0. The van der Waals surface area contributed by atoms with Crippen molar-refractivity contribution < 1.29 is 14.3 Å². The quantitative estimate of drug-likeness (QED) is 0.528. The molecule has 4 heteroatoms. The number of rotatable bonds is 10. The summed E-state index contributed by atoms with van der Waals surface area (Å²) in [6, 6.07) is 7.32. The highest BCUT2D eigenvalue weighted by Crippen LogP contribution is 2.29. The summed E-state index contributed by atoms with van der Waals surface area (Å²) >= 11 is 0. The van der Waals surface area contributed by atoms with Crippen molar-refractivity contribution >= 4 is 12.7 Å². The van der Waals surface area contributed by atoms with Gasteiger partial charge in [-0.15, -0.1) is 0 Å². The molecule has 0 spiro atoms. The molecule has 0 saturated heterocycles. The van der Waals surface area contributed by atoms with Crippen molar-refractivity contribution in [3.05, 3.63) is 29.8 Å². The normalized spacial score (nSPS) is 16.5. The van der Waals surface area contributed by atoms with Crippen molar-refractivity contribution in [1.82, 2.24) is 5.32 Å². The van der Waals surface area contributed by atoms with Gasteiger partial charge in [-0.3, -0.25) is 9.59 Å². The molecule has 1 saturated carbocycles. The van der Waals surface area contributed by atoms with E-state index >= 15 is 0 Å². The molecule has 1 fully saturated rings. The van der Waals surface area contributed by atoms with Crippen LogP contribution in [0.3, 0.4) is 0 Å². The van der Waals surface area contributed by atoms with Gasteiger partial charge in [0, 0.05) is 13.0 Å². The van der Waals surface area contributed by atoms with Crippen molar-refractivity contribution in [2.24, 2.45) is 5.92 Å². The number of aldehydes is 1. The molecule has 1 aliphatic rings. The molecule has 1 aromatic rings. The maximum Gasteiger partial charge on any atom is 0.207 e. The predicted octanol–water partition coefficient (Wildman–Crippen LogP) is 3.74. The topological polar surface area (TPSA) is 55.4 Å². The first-order chi connectivity index (χ1) is 11.3. The minimum absolute atomic E-state index is 0.0328. The van der Waals surface area contributed by atoms with Gasteiger partial charge >= 0.3 is 0 Å². The van der Waals surface area contributed by atoms with Gasteiger partial charge in [0.05, 0.1) is 5.56 Å². The first kappa shape index (κ1) is 17.5. The molecule has 1 N–H and O–H groups in total. The Morgan fingerprint density at radius 1 is 1.13 bits per heavy atom. The largest absolute Gasteiger partial charge is 0.490 e. The van der Waals surface area contributed by atoms with E-state index in [0.29, 0.717) is 17.9 Å². The lowest BCUT2D eigenvalue weighted by atomic mass is 9.85. The van der Waals surface area contributed by atoms with Gasteiger partial charge in [0.15, 0.2) is 6.29 Å². The molecule has 23 heavy (non-hydrogen) atoms. The average Bonchev–Trinajstić information content (AvgIpc) is 2.61. The Labute approximate surface area is 138 Å². The monoisotopic (exact) mass is 317 g/mol. The maximum absolute atomic E-state index is 11.1. The molecular formula is C19H27NO3. The molecule has 126 valence electrons. The van der Waals surface area contributed by atoms with E-state index in [-0.39, 0.29) is 6.10 Å². The summed E-state index contributed by atoms with van der Waals surface area (Å²) in [6.07, 6.45) is 11.2. The summed E-state index contributed by atoms with van der Waals surface area (Å²) < 4.78 is 6.09. The van der Waals surface area contributed by atoms with Crippen molar-refractivity contribution in [3.8, 4) is 5.75 Å². The number of carbonyl (C=O) groups is 2. The van der Waals surface area contributed by atoms with Crippen molar-refractivity contribution in [1.29, 1.82) is 0 Å². The Bertz CT molecular complexity index is 483. The van der Waals surface area contributed by atoms with Crippen molar-refractivity contribution in [2.45, 2.75) is 57.5 Å². The van der Waals surface area contributed by atoms with E-state index in [0.717, 1.165) is 37.9 Å². The zero-order chi connectivity index (χ0) is 16.3. The number of carbonyl (C=O) groups excluding carboxylic acids is 2. The third-order valence-electron chi connectivity index (χ3n) is 4.66. The van der Waals surface area contributed by atoms with Crippen LogP contribution in [-0.4, -0.2) is 25.3 Å². The molecule has 1 amide bonds. The molecule has 1 atom stereocenters. The lowest BCUT2D eigenvalue weighted by molar-refractivity contribution is -0.109. The fraction of sp³-hybridized carbons (Fsp3) is 0.579. The second-order valence-corrected chi connectivity index (χ2v) is 6.34. The fourth-order valence-electron chi connectivity index (χ4n) is 3.33. The van der Waals surface area contributed by atoms with E-state index in [1.165, 1.54) is 32.1 Å². The van der Waals surface area contributed by atoms with Gasteiger partial charge in [0.2, 0.25) is 6.41 Å². The molecule has 1 unspecified atom stereocenters. The minimum Gasteiger partial charge on any atom is -0.490 e. The third-order valence-corrected chi connectivity index (χ3v) is 4.66. The molecule has 0 bridgehead atoms. The Kier molecular flexibility index (Phi) is 7.64. The van der Waals surface area contributed by atoms with Crippen LogP contribution < -0.4 is 10.1 Å². The number of hydrogen-bond acceptors (Lipinski definition) is 3. The summed E-state index contributed by atoms with van der Waals surface area (Å²) in [7, 11) is 0. The Morgan fingerprint density at radius 2 is 1.91 bits per heavy atom. The maximum atomic E-state index is 11.1. The van der Waals surface area contributed by atoms with Gasteiger partial charge in [0.25, 0.3) is 0 Å². The molecular weight excluding hydrogens is 290 g/mol. The highest BCUT2D eigenvalue weighted by atomic mass is 16.5. The highest BCUT2D eigenvalue weighted by molar-refractivity contribution is 5.79. The number of ether oxygens (including phenoxy) is 1. The standard InChI is InChI=1S/C19H27NO3/c21-14-17-8-4-5-9-19(17)23-18(12-13-20-15-22)11-10-16-6-2-1-3-7-16/h4-5,8-9,14-16,18H,1-3,6-7,10-13H2,(H,20,22). The molecule has 0 radical (unpaired) electrons. The number of benzene rings is 1. The average molecular weight is 317 g/mol. The van der Waals surface area contributed by atoms with E-state index in [4.69, 9.17) is 4.74 Å². The Balaban J connectivity index is 1.92. The molecule has 0 aliphatic heterocycles. The number of para-hydroxylation sites is 1. The molecule has 2 rings (SSSR count). The highest BCUT2D eigenvalue weighted by Gasteiger charge is 2.18. The van der Waals surface area contributed by atoms with Gasteiger partial charge in [-0.1, -0.05) is 44.2 Å². The first-order valence-corrected chi connectivity index (χ1v) is 8.71. The van der Waals surface area contributed by atoms with E-state index in [9.17, 15) is 9.59 Å². The van der Waals surface area contributed by atoms with Crippen LogP contribution in [0.1, 0.15) is 61.7 Å². The van der Waals surface area contributed by atoms with Crippen molar-refractivity contribution in [3.63, 3.8) is 0 Å². The SMILES string of the molecule is O=CNCCC(CCC1CCCCC1)Oc1ccccc1C=O. The fourth-order valence-corrected chi connectivity index (χ4v) is 3.33. The van der Waals surface area contributed by atoms with Crippen LogP contribution in [0.4, 0.5) is 0 Å².